The average molecular weight is 288 g/mol. The maximum atomic E-state index is 6.07. The van der Waals surface area contributed by atoms with Gasteiger partial charge < -0.3 is 10.5 Å². The number of nitrogens with two attached hydrogens (primary N) is 1. The van der Waals surface area contributed by atoms with Gasteiger partial charge in [0.2, 0.25) is 0 Å². The molecule has 0 fully saturated rings. The van der Waals surface area contributed by atoms with Gasteiger partial charge in [0, 0.05) is 22.9 Å². The summed E-state index contributed by atoms with van der Waals surface area (Å²) in [4.78, 5) is 5.39. The van der Waals surface area contributed by atoms with Gasteiger partial charge in [-0.3, -0.25) is 4.98 Å². The number of ether oxygens (including phenoxy) is 1. The molecule has 0 amide bonds. The zero-order valence-corrected chi connectivity index (χ0v) is 12.5. The van der Waals surface area contributed by atoms with Crippen molar-refractivity contribution in [3.8, 4) is 5.75 Å². The minimum atomic E-state index is 0.00508. The van der Waals surface area contributed by atoms with E-state index in [2.05, 4.69) is 24.0 Å². The normalized spacial score (nSPS) is 12.1. The molecule has 0 unspecified atom stereocenters. The Bertz CT molecular complexity index is 519. The van der Waals surface area contributed by atoms with Gasteiger partial charge in [-0.1, -0.05) is 25.1 Å². The zero-order valence-electron chi connectivity index (χ0n) is 11.7. The van der Waals surface area contributed by atoms with E-state index in [0.717, 1.165) is 17.9 Å². The number of nitrogens with zero attached hydrogens (tertiary/aromatic N) is 1. The predicted octanol–water partition coefficient (Wildman–Crippen LogP) is 3.14. The minimum absolute atomic E-state index is 0.00508. The first-order chi connectivity index (χ1) is 9.78. The van der Waals surface area contributed by atoms with E-state index in [-0.39, 0.29) is 6.04 Å². The van der Waals surface area contributed by atoms with E-state index in [1.165, 1.54) is 10.5 Å². The smallest absolute Gasteiger partial charge is 0.137 e. The highest BCUT2D eigenvalue weighted by atomic mass is 32.2. The van der Waals surface area contributed by atoms with Gasteiger partial charge in [-0.05, 0) is 30.2 Å². The van der Waals surface area contributed by atoms with Gasteiger partial charge in [-0.2, -0.15) is 0 Å². The summed E-state index contributed by atoms with van der Waals surface area (Å²) in [6.07, 6.45) is 4.55. The van der Waals surface area contributed by atoms with Crippen LogP contribution in [0.4, 0.5) is 0 Å². The molecule has 2 N–H and O–H groups in total. The molecule has 4 heteroatoms. The van der Waals surface area contributed by atoms with Gasteiger partial charge in [0.1, 0.15) is 12.4 Å². The van der Waals surface area contributed by atoms with Crippen LogP contribution in [0.5, 0.6) is 5.75 Å². The van der Waals surface area contributed by atoms with Crippen molar-refractivity contribution in [1.29, 1.82) is 0 Å². The van der Waals surface area contributed by atoms with E-state index >= 15 is 0 Å². The number of thioether (sulfide) groups is 1. The summed E-state index contributed by atoms with van der Waals surface area (Å²) in [5.41, 5.74) is 7.25. The molecule has 3 nitrogen and oxygen atoms in total. The van der Waals surface area contributed by atoms with E-state index in [9.17, 15) is 0 Å². The fraction of sp³-hybridized carbons (Fsp3) is 0.312. The van der Waals surface area contributed by atoms with E-state index < -0.39 is 0 Å². The maximum Gasteiger partial charge on any atom is 0.137 e. The summed E-state index contributed by atoms with van der Waals surface area (Å²) < 4.78 is 5.70. The molecule has 0 saturated carbocycles. The highest BCUT2D eigenvalue weighted by Crippen LogP contribution is 2.18. The summed E-state index contributed by atoms with van der Waals surface area (Å²) in [7, 11) is 0. The Kier molecular flexibility index (Phi) is 5.89. The molecular weight excluding hydrogens is 268 g/mol. The van der Waals surface area contributed by atoms with Crippen LogP contribution in [0.3, 0.4) is 0 Å². The fourth-order valence-corrected chi connectivity index (χ4v) is 2.56. The summed E-state index contributed by atoms with van der Waals surface area (Å²) in [5.74, 6) is 1.63. The van der Waals surface area contributed by atoms with Gasteiger partial charge >= 0.3 is 0 Å². The van der Waals surface area contributed by atoms with Crippen molar-refractivity contribution in [2.75, 3.05) is 12.4 Å². The largest absolute Gasteiger partial charge is 0.490 e. The van der Waals surface area contributed by atoms with Crippen LogP contribution in [0.1, 0.15) is 12.5 Å². The molecule has 1 aromatic carbocycles. The van der Waals surface area contributed by atoms with Crippen LogP contribution in [0.15, 0.2) is 53.7 Å². The Hall–Kier alpha value is -1.52. The highest BCUT2D eigenvalue weighted by Gasteiger charge is 2.05. The summed E-state index contributed by atoms with van der Waals surface area (Å²) in [5, 5.41) is 0. The van der Waals surface area contributed by atoms with Gasteiger partial charge in [-0.25, -0.2) is 0 Å². The van der Waals surface area contributed by atoms with Crippen molar-refractivity contribution < 1.29 is 4.74 Å². The minimum Gasteiger partial charge on any atom is -0.490 e. The maximum absolute atomic E-state index is 6.07. The van der Waals surface area contributed by atoms with Crippen molar-refractivity contribution in [1.82, 2.24) is 4.98 Å². The van der Waals surface area contributed by atoms with Crippen LogP contribution < -0.4 is 10.5 Å². The summed E-state index contributed by atoms with van der Waals surface area (Å²) in [6, 6.07) is 12.3. The standard InChI is InChI=1S/C16H20N2OS/c1-2-13-8-15(10-18-9-13)19-11-14(17)12-20-16-6-4-3-5-7-16/h3-10,14H,2,11-12,17H2,1H3/t14-/m1/s1. The monoisotopic (exact) mass is 288 g/mol. The third-order valence-electron chi connectivity index (χ3n) is 2.85. The third kappa shape index (κ3) is 4.87. The van der Waals surface area contributed by atoms with E-state index in [1.807, 2.05) is 30.5 Å². The number of rotatable bonds is 7. The van der Waals surface area contributed by atoms with Crippen LogP contribution in [0.25, 0.3) is 0 Å². The predicted molar refractivity (Wildman–Crippen MR) is 84.3 cm³/mol. The first kappa shape index (κ1) is 14.9. The van der Waals surface area contributed by atoms with Crippen molar-refractivity contribution in [3.63, 3.8) is 0 Å². The Morgan fingerprint density at radius 2 is 2.05 bits per heavy atom. The molecule has 0 aliphatic heterocycles. The molecule has 0 radical (unpaired) electrons. The molecule has 1 heterocycles. The molecule has 1 aromatic heterocycles. The molecule has 1 atom stereocenters. The molecule has 0 saturated heterocycles. The second-order valence-electron chi connectivity index (χ2n) is 4.58. The summed E-state index contributed by atoms with van der Waals surface area (Å²) >= 11 is 1.75. The van der Waals surface area contributed by atoms with Crippen molar-refractivity contribution in [3.05, 3.63) is 54.4 Å². The fourth-order valence-electron chi connectivity index (χ4n) is 1.71. The Balaban J connectivity index is 1.75. The molecule has 106 valence electrons. The number of aromatic nitrogens is 1. The van der Waals surface area contributed by atoms with E-state index in [4.69, 9.17) is 10.5 Å². The van der Waals surface area contributed by atoms with Gasteiger partial charge in [0.15, 0.2) is 0 Å². The highest BCUT2D eigenvalue weighted by molar-refractivity contribution is 7.99. The van der Waals surface area contributed by atoms with Crippen LogP contribution in [0.2, 0.25) is 0 Å². The molecule has 20 heavy (non-hydrogen) atoms. The van der Waals surface area contributed by atoms with Gasteiger partial charge in [0.25, 0.3) is 0 Å². The van der Waals surface area contributed by atoms with E-state index in [0.29, 0.717) is 6.61 Å². The SMILES string of the molecule is CCc1cncc(OC[C@@H](N)CSc2ccccc2)c1. The first-order valence-electron chi connectivity index (χ1n) is 6.78. The van der Waals surface area contributed by atoms with Crippen LogP contribution >= 0.6 is 11.8 Å². The van der Waals surface area contributed by atoms with Crippen molar-refractivity contribution in [2.24, 2.45) is 5.73 Å². The molecule has 2 rings (SSSR count). The van der Waals surface area contributed by atoms with E-state index in [1.54, 1.807) is 18.0 Å². The van der Waals surface area contributed by atoms with Crippen molar-refractivity contribution >= 4 is 11.8 Å². The lowest BCUT2D eigenvalue weighted by Gasteiger charge is -2.13. The Morgan fingerprint density at radius 1 is 1.25 bits per heavy atom. The quantitative estimate of drug-likeness (QED) is 0.795. The second kappa shape index (κ2) is 7.92. The Morgan fingerprint density at radius 3 is 2.80 bits per heavy atom. The lowest BCUT2D eigenvalue weighted by Crippen LogP contribution is -2.30. The molecule has 0 bridgehead atoms. The molecular formula is C16H20N2OS. The first-order valence-corrected chi connectivity index (χ1v) is 7.76. The van der Waals surface area contributed by atoms with Crippen LogP contribution in [0, 0.1) is 0 Å². The molecule has 2 aromatic rings. The van der Waals surface area contributed by atoms with Gasteiger partial charge in [0.05, 0.1) is 6.20 Å². The number of aryl methyl sites for hydroxylation is 1. The van der Waals surface area contributed by atoms with Crippen LogP contribution in [-0.2, 0) is 6.42 Å². The lowest BCUT2D eigenvalue weighted by molar-refractivity contribution is 0.296. The Labute approximate surface area is 124 Å². The molecule has 0 aliphatic rings. The molecule has 0 aliphatic carbocycles. The zero-order chi connectivity index (χ0) is 14.2. The number of hydrogen-bond acceptors (Lipinski definition) is 4. The second-order valence-corrected chi connectivity index (χ2v) is 5.67. The lowest BCUT2D eigenvalue weighted by atomic mass is 10.2. The number of benzene rings is 1. The number of hydrogen-bond donors (Lipinski definition) is 1. The molecule has 0 spiro atoms. The topological polar surface area (TPSA) is 48.1 Å². The van der Waals surface area contributed by atoms with Crippen molar-refractivity contribution in [2.45, 2.75) is 24.3 Å². The average Bonchev–Trinajstić information content (AvgIpc) is 2.52. The number of pyridine rings is 1. The van der Waals surface area contributed by atoms with Gasteiger partial charge in [-0.15, -0.1) is 11.8 Å². The van der Waals surface area contributed by atoms with Crippen LogP contribution in [-0.4, -0.2) is 23.4 Å². The summed E-state index contributed by atoms with van der Waals surface area (Å²) in [6.45, 7) is 2.61. The third-order valence-corrected chi connectivity index (χ3v) is 4.05.